The van der Waals surface area contributed by atoms with Crippen molar-refractivity contribution in [2.24, 2.45) is 0 Å². The first-order valence-electron chi connectivity index (χ1n) is 10.9. The number of thioether (sulfide) groups is 1. The molecule has 5 rings (SSSR count). The van der Waals surface area contributed by atoms with Crippen molar-refractivity contribution in [3.63, 3.8) is 0 Å². The maximum absolute atomic E-state index is 13.6. The summed E-state index contributed by atoms with van der Waals surface area (Å²) in [6.45, 7) is 1.69. The van der Waals surface area contributed by atoms with Crippen LogP contribution >= 0.6 is 23.1 Å². The number of nitrogens with zero attached hydrogens (tertiary/aromatic N) is 2. The molecular weight excluding hydrogens is 468 g/mol. The molecule has 1 fully saturated rings. The Bertz CT molecular complexity index is 1410. The molecule has 1 aliphatic carbocycles. The van der Waals surface area contributed by atoms with Gasteiger partial charge in [-0.3, -0.25) is 19.5 Å². The second kappa shape index (κ2) is 9.44. The molecule has 2 heterocycles. The summed E-state index contributed by atoms with van der Waals surface area (Å²) in [4.78, 5) is 44.6. The number of rotatable bonds is 6. The molecule has 1 unspecified atom stereocenters. The molecule has 1 saturated carbocycles. The van der Waals surface area contributed by atoms with Gasteiger partial charge in [0.1, 0.15) is 4.83 Å². The Morgan fingerprint density at radius 3 is 2.44 bits per heavy atom. The average molecular weight is 491 g/mol. The zero-order valence-electron chi connectivity index (χ0n) is 18.4. The van der Waals surface area contributed by atoms with E-state index in [1.54, 1.807) is 6.92 Å². The van der Waals surface area contributed by atoms with Crippen LogP contribution in [0.2, 0.25) is 0 Å². The van der Waals surface area contributed by atoms with Crippen molar-refractivity contribution in [1.29, 1.82) is 0 Å². The van der Waals surface area contributed by atoms with Crippen LogP contribution in [0.3, 0.4) is 0 Å². The van der Waals surface area contributed by atoms with Crippen molar-refractivity contribution >= 4 is 45.3 Å². The van der Waals surface area contributed by atoms with Gasteiger partial charge in [0, 0.05) is 10.9 Å². The van der Waals surface area contributed by atoms with Crippen LogP contribution in [-0.4, -0.2) is 32.8 Å². The minimum atomic E-state index is -0.641. The third-order valence-corrected chi connectivity index (χ3v) is 7.54. The topological polar surface area (TPSA) is 93.1 Å². The predicted octanol–water partition coefficient (Wildman–Crippen LogP) is 4.58. The molecule has 4 aromatic rings. The van der Waals surface area contributed by atoms with Crippen LogP contribution < -0.4 is 16.2 Å². The molecule has 1 aliphatic rings. The maximum Gasteiger partial charge on any atom is 0.321 e. The fraction of sp³-hybridized carbons (Fsp3) is 0.200. The number of urea groups is 1. The number of nitrogens with one attached hydrogen (secondary N) is 2. The number of amides is 3. The van der Waals surface area contributed by atoms with Gasteiger partial charge in [-0.15, -0.1) is 11.3 Å². The monoisotopic (exact) mass is 490 g/mol. The van der Waals surface area contributed by atoms with Crippen molar-refractivity contribution in [3.05, 3.63) is 77.1 Å². The van der Waals surface area contributed by atoms with E-state index in [0.717, 1.165) is 35.0 Å². The minimum absolute atomic E-state index is 0.153. The summed E-state index contributed by atoms with van der Waals surface area (Å²) in [6.07, 6.45) is 1.87. The molecule has 0 aliphatic heterocycles. The summed E-state index contributed by atoms with van der Waals surface area (Å²) in [6, 6.07) is 20.6. The highest BCUT2D eigenvalue weighted by Crippen LogP contribution is 2.33. The molecule has 1 atom stereocenters. The second-order valence-corrected chi connectivity index (χ2v) is 10.4. The molecule has 0 radical (unpaired) electrons. The fourth-order valence-corrected chi connectivity index (χ4v) is 5.47. The van der Waals surface area contributed by atoms with Crippen LogP contribution in [0.5, 0.6) is 0 Å². The Labute approximate surface area is 204 Å². The van der Waals surface area contributed by atoms with Gasteiger partial charge in [0.05, 0.1) is 16.3 Å². The Kier molecular flexibility index (Phi) is 6.21. The van der Waals surface area contributed by atoms with Gasteiger partial charge in [0.15, 0.2) is 5.16 Å². The largest absolute Gasteiger partial charge is 0.335 e. The number of thiophene rings is 1. The van der Waals surface area contributed by atoms with Crippen molar-refractivity contribution in [3.8, 4) is 16.1 Å². The molecule has 2 aromatic heterocycles. The smallest absolute Gasteiger partial charge is 0.321 e. The Hall–Kier alpha value is -3.43. The van der Waals surface area contributed by atoms with E-state index in [-0.39, 0.29) is 11.6 Å². The molecule has 0 bridgehead atoms. The van der Waals surface area contributed by atoms with Gasteiger partial charge in [-0.05, 0) is 43.5 Å². The lowest BCUT2D eigenvalue weighted by molar-refractivity contribution is -0.119. The molecule has 0 saturated heterocycles. The zero-order valence-corrected chi connectivity index (χ0v) is 20.0. The number of hydrogen-bond acceptors (Lipinski definition) is 6. The summed E-state index contributed by atoms with van der Waals surface area (Å²) in [5, 5.41) is 5.41. The lowest BCUT2D eigenvalue weighted by Gasteiger charge is -2.15. The van der Waals surface area contributed by atoms with E-state index in [4.69, 9.17) is 4.98 Å². The first-order valence-corrected chi connectivity index (χ1v) is 12.6. The van der Waals surface area contributed by atoms with Gasteiger partial charge in [0.25, 0.3) is 5.56 Å². The van der Waals surface area contributed by atoms with Crippen LogP contribution in [0.4, 0.5) is 4.79 Å². The van der Waals surface area contributed by atoms with Crippen LogP contribution in [0.1, 0.15) is 19.8 Å². The molecule has 2 aromatic carbocycles. The van der Waals surface area contributed by atoms with E-state index in [1.165, 1.54) is 15.9 Å². The molecule has 2 N–H and O–H groups in total. The molecule has 9 heteroatoms. The van der Waals surface area contributed by atoms with E-state index in [9.17, 15) is 14.4 Å². The number of benzene rings is 2. The average Bonchev–Trinajstić information content (AvgIpc) is 3.54. The van der Waals surface area contributed by atoms with Crippen molar-refractivity contribution in [2.75, 3.05) is 0 Å². The van der Waals surface area contributed by atoms with E-state index in [0.29, 0.717) is 21.1 Å². The molecule has 34 heavy (non-hydrogen) atoms. The summed E-state index contributed by atoms with van der Waals surface area (Å²) in [7, 11) is 0. The van der Waals surface area contributed by atoms with Gasteiger partial charge in [-0.2, -0.15) is 0 Å². The zero-order chi connectivity index (χ0) is 23.7. The number of carbonyl (C=O) groups is 2. The minimum Gasteiger partial charge on any atom is -0.335 e. The Balaban J connectivity index is 1.52. The van der Waals surface area contributed by atoms with Gasteiger partial charge in [-0.1, -0.05) is 60.3 Å². The summed E-state index contributed by atoms with van der Waals surface area (Å²) in [5.74, 6) is -0.437. The number of hydrogen-bond donors (Lipinski definition) is 2. The Morgan fingerprint density at radius 2 is 1.76 bits per heavy atom. The van der Waals surface area contributed by atoms with Crippen molar-refractivity contribution < 1.29 is 9.59 Å². The first kappa shape index (κ1) is 22.4. The standard InChI is InChI=1S/C25H22N4O3S2/c1-15(21(30)27-24(32)26-17-12-13-17)33-25-28-22-19(14-20(34-22)16-8-4-2-5-9-16)23(31)29(25)18-10-6-3-7-11-18/h2-11,14-15,17H,12-13H2,1H3,(H2,26,27,30,32). The number of para-hydroxylation sites is 1. The summed E-state index contributed by atoms with van der Waals surface area (Å²) in [5.41, 5.74) is 1.48. The van der Waals surface area contributed by atoms with E-state index < -0.39 is 17.2 Å². The third kappa shape index (κ3) is 4.76. The van der Waals surface area contributed by atoms with E-state index >= 15 is 0 Å². The quantitative estimate of drug-likeness (QED) is 0.305. The van der Waals surface area contributed by atoms with Crippen molar-refractivity contribution in [2.45, 2.75) is 36.2 Å². The number of carbonyl (C=O) groups excluding carboxylic acids is 2. The lowest BCUT2D eigenvalue weighted by Crippen LogP contribution is -2.43. The highest BCUT2D eigenvalue weighted by molar-refractivity contribution is 8.00. The normalized spacial score (nSPS) is 14.0. The molecular formula is C25H22N4O3S2. The highest BCUT2D eigenvalue weighted by Gasteiger charge is 2.26. The molecule has 3 amide bonds. The third-order valence-electron chi connectivity index (χ3n) is 5.41. The highest BCUT2D eigenvalue weighted by atomic mass is 32.2. The molecule has 172 valence electrons. The second-order valence-electron chi connectivity index (χ2n) is 8.06. The van der Waals surface area contributed by atoms with Crippen LogP contribution in [0.15, 0.2) is 76.7 Å². The fourth-order valence-electron chi connectivity index (χ4n) is 3.46. The number of fused-ring (bicyclic) bond motifs is 1. The van der Waals surface area contributed by atoms with Crippen LogP contribution in [0, 0.1) is 0 Å². The molecule has 0 spiro atoms. The Morgan fingerprint density at radius 1 is 1.09 bits per heavy atom. The number of imide groups is 1. The van der Waals surface area contributed by atoms with Gasteiger partial charge in [0.2, 0.25) is 5.91 Å². The van der Waals surface area contributed by atoms with E-state index in [1.807, 2.05) is 66.7 Å². The number of aromatic nitrogens is 2. The lowest BCUT2D eigenvalue weighted by atomic mass is 10.2. The van der Waals surface area contributed by atoms with Crippen LogP contribution in [0.25, 0.3) is 26.3 Å². The summed E-state index contributed by atoms with van der Waals surface area (Å²) < 4.78 is 1.53. The van der Waals surface area contributed by atoms with Gasteiger partial charge >= 0.3 is 6.03 Å². The first-order chi connectivity index (χ1) is 16.5. The molecule has 7 nitrogen and oxygen atoms in total. The van der Waals surface area contributed by atoms with E-state index in [2.05, 4.69) is 10.6 Å². The summed E-state index contributed by atoms with van der Waals surface area (Å²) >= 11 is 2.59. The van der Waals surface area contributed by atoms with Crippen molar-refractivity contribution in [1.82, 2.24) is 20.2 Å². The van der Waals surface area contributed by atoms with Crippen LogP contribution in [-0.2, 0) is 4.79 Å². The maximum atomic E-state index is 13.6. The van der Waals surface area contributed by atoms with Gasteiger partial charge in [-0.25, -0.2) is 9.78 Å². The predicted molar refractivity (Wildman–Crippen MR) is 136 cm³/mol. The van der Waals surface area contributed by atoms with Gasteiger partial charge < -0.3 is 5.32 Å². The SMILES string of the molecule is CC(Sc1nc2sc(-c3ccccc3)cc2c(=O)n1-c1ccccc1)C(=O)NC(=O)NC1CC1.